The van der Waals surface area contributed by atoms with Gasteiger partial charge in [0, 0.05) is 5.69 Å². The third-order valence-electron chi connectivity index (χ3n) is 0.785. The van der Waals surface area contributed by atoms with Crippen molar-refractivity contribution in [2.45, 2.75) is 0 Å². The molecule has 2 N–H and O–H groups in total. The highest BCUT2D eigenvalue weighted by Crippen LogP contribution is 2.12. The van der Waals surface area contributed by atoms with Crippen molar-refractivity contribution in [3.63, 3.8) is 0 Å². The molecule has 0 aliphatic carbocycles. The van der Waals surface area contributed by atoms with E-state index in [0.29, 0.717) is 10.8 Å². The molecule has 9 heavy (non-hydrogen) atoms. The Morgan fingerprint density at radius 3 is 2.67 bits per heavy atom. The minimum absolute atomic E-state index is 0.444. The first kappa shape index (κ1) is 7.08. The monoisotopic (exact) mass is 254 g/mol. The third-order valence-corrected chi connectivity index (χ3v) is 1.53. The van der Waals surface area contributed by atoms with Crippen LogP contribution in [0.3, 0.4) is 0 Å². The lowest BCUT2D eigenvalue weighted by Crippen LogP contribution is -1.87. The summed E-state index contributed by atoms with van der Waals surface area (Å²) in [7, 11) is 0. The zero-order valence-corrected chi connectivity index (χ0v) is 7.35. The number of hydrogen-bond donors (Lipinski definition) is 1. The van der Waals surface area contributed by atoms with Crippen LogP contribution in [0.4, 0.5) is 5.69 Å². The Bertz CT molecular complexity index is 176. The summed E-state index contributed by atoms with van der Waals surface area (Å²) in [5.74, 6) is 0. The molecule has 0 bridgehead atoms. The minimum atomic E-state index is 0.444. The minimum Gasteiger partial charge on any atom is -0.399 e. The van der Waals surface area contributed by atoms with Gasteiger partial charge in [-0.25, -0.2) is 4.98 Å². The van der Waals surface area contributed by atoms with Crippen molar-refractivity contribution in [3.05, 3.63) is 21.0 Å². The van der Waals surface area contributed by atoms with E-state index in [1.54, 1.807) is 12.1 Å². The van der Waals surface area contributed by atoms with Crippen LogP contribution in [0.1, 0.15) is 0 Å². The van der Waals surface area contributed by atoms with Crippen LogP contribution < -0.4 is 5.73 Å². The molecule has 1 heterocycles. The number of halogens is 2. The van der Waals surface area contributed by atoms with Gasteiger partial charge in [-0.3, -0.25) is 0 Å². The molecule has 0 saturated carbocycles. The Labute approximate surface area is 71.6 Å². The molecule has 0 unspecified atom stereocenters. The highest BCUT2D eigenvalue weighted by molar-refractivity contribution is 14.1. The fourth-order valence-electron chi connectivity index (χ4n) is 0.483. The molecule has 1 aromatic heterocycles. The van der Waals surface area contributed by atoms with Crippen LogP contribution in [-0.4, -0.2) is 4.98 Å². The van der Waals surface area contributed by atoms with E-state index in [1.807, 2.05) is 0 Å². The quantitative estimate of drug-likeness (QED) is 0.567. The lowest BCUT2D eigenvalue weighted by atomic mass is 10.4. The van der Waals surface area contributed by atoms with E-state index in [-0.39, 0.29) is 0 Å². The van der Waals surface area contributed by atoms with Crippen molar-refractivity contribution in [2.75, 3.05) is 5.73 Å². The summed E-state index contributed by atoms with van der Waals surface area (Å²) < 4.78 is 0.817. The van der Waals surface area contributed by atoms with Crippen LogP contribution in [0.2, 0.25) is 5.15 Å². The number of nitrogen functional groups attached to an aromatic ring is 1. The lowest BCUT2D eigenvalue weighted by Gasteiger charge is -1.93. The summed E-state index contributed by atoms with van der Waals surface area (Å²) >= 11 is 7.61. The summed E-state index contributed by atoms with van der Waals surface area (Å²) in [6, 6.07) is 3.37. The topological polar surface area (TPSA) is 38.9 Å². The first-order chi connectivity index (χ1) is 4.18. The second-order valence-electron chi connectivity index (χ2n) is 1.55. The van der Waals surface area contributed by atoms with Crippen LogP contribution in [0.15, 0.2) is 12.1 Å². The number of pyridine rings is 1. The van der Waals surface area contributed by atoms with Gasteiger partial charge in [-0.2, -0.15) is 0 Å². The van der Waals surface area contributed by atoms with Gasteiger partial charge in [0.1, 0.15) is 8.85 Å². The van der Waals surface area contributed by atoms with Crippen molar-refractivity contribution in [3.8, 4) is 0 Å². The highest BCUT2D eigenvalue weighted by Gasteiger charge is 1.92. The molecule has 0 amide bonds. The van der Waals surface area contributed by atoms with Gasteiger partial charge in [-0.1, -0.05) is 11.6 Å². The van der Waals surface area contributed by atoms with Crippen LogP contribution in [-0.2, 0) is 0 Å². The molecule has 2 nitrogen and oxygen atoms in total. The molecule has 4 heteroatoms. The summed E-state index contributed by atoms with van der Waals surface area (Å²) in [4.78, 5) is 3.91. The molecule has 0 atom stereocenters. The molecule has 0 aromatic carbocycles. The Morgan fingerprint density at radius 2 is 2.22 bits per heavy atom. The van der Waals surface area contributed by atoms with E-state index in [1.165, 1.54) is 0 Å². The van der Waals surface area contributed by atoms with Gasteiger partial charge in [0.15, 0.2) is 0 Å². The Kier molecular flexibility index (Phi) is 2.13. The van der Waals surface area contributed by atoms with E-state index in [2.05, 4.69) is 27.6 Å². The zero-order chi connectivity index (χ0) is 6.85. The van der Waals surface area contributed by atoms with Gasteiger partial charge < -0.3 is 5.73 Å². The molecule has 0 saturated heterocycles. The first-order valence-corrected chi connectivity index (χ1v) is 3.73. The third kappa shape index (κ3) is 1.98. The summed E-state index contributed by atoms with van der Waals surface area (Å²) in [5.41, 5.74) is 6.08. The SMILES string of the molecule is Nc1cc(Cl)nc(I)c1. The second-order valence-corrected chi connectivity index (χ2v) is 3.04. The van der Waals surface area contributed by atoms with Crippen LogP contribution in [0, 0.1) is 3.70 Å². The molecule has 0 fully saturated rings. The number of anilines is 1. The van der Waals surface area contributed by atoms with Gasteiger partial charge in [-0.15, -0.1) is 0 Å². The predicted octanol–water partition coefficient (Wildman–Crippen LogP) is 1.92. The van der Waals surface area contributed by atoms with Crippen molar-refractivity contribution >= 4 is 39.9 Å². The fraction of sp³-hybridized carbons (Fsp3) is 0. The average molecular weight is 254 g/mol. The van der Waals surface area contributed by atoms with Crippen molar-refractivity contribution in [1.82, 2.24) is 4.98 Å². The number of nitrogens with zero attached hydrogens (tertiary/aromatic N) is 1. The normalized spacial score (nSPS) is 9.56. The molecule has 0 spiro atoms. The largest absolute Gasteiger partial charge is 0.399 e. The average Bonchev–Trinajstić information content (AvgIpc) is 1.59. The van der Waals surface area contributed by atoms with E-state index < -0.39 is 0 Å². The number of hydrogen-bond acceptors (Lipinski definition) is 2. The molecule has 0 aliphatic heterocycles. The van der Waals surface area contributed by atoms with Crippen LogP contribution >= 0.6 is 34.2 Å². The first-order valence-electron chi connectivity index (χ1n) is 2.27. The van der Waals surface area contributed by atoms with Crippen LogP contribution in [0.25, 0.3) is 0 Å². The van der Waals surface area contributed by atoms with Crippen molar-refractivity contribution in [1.29, 1.82) is 0 Å². The van der Waals surface area contributed by atoms with E-state index in [0.717, 1.165) is 3.70 Å². The van der Waals surface area contributed by atoms with Gasteiger partial charge in [0.25, 0.3) is 0 Å². The Hall–Kier alpha value is -0.0300. The lowest BCUT2D eigenvalue weighted by molar-refractivity contribution is 1.28. The fourth-order valence-corrected chi connectivity index (χ4v) is 1.46. The maximum atomic E-state index is 5.55. The molecule has 48 valence electrons. The Balaban J connectivity index is 3.17. The molecule has 1 rings (SSSR count). The van der Waals surface area contributed by atoms with Crippen molar-refractivity contribution < 1.29 is 0 Å². The number of nitrogens with two attached hydrogens (primary N) is 1. The van der Waals surface area contributed by atoms with Crippen LogP contribution in [0.5, 0.6) is 0 Å². The summed E-state index contributed by atoms with van der Waals surface area (Å²) in [6.45, 7) is 0. The van der Waals surface area contributed by atoms with E-state index >= 15 is 0 Å². The van der Waals surface area contributed by atoms with Crippen molar-refractivity contribution in [2.24, 2.45) is 0 Å². The number of rotatable bonds is 0. The Morgan fingerprint density at radius 1 is 1.56 bits per heavy atom. The number of aromatic nitrogens is 1. The van der Waals surface area contributed by atoms with Gasteiger partial charge in [0.2, 0.25) is 0 Å². The molecule has 1 aromatic rings. The molecule has 0 radical (unpaired) electrons. The maximum Gasteiger partial charge on any atom is 0.132 e. The zero-order valence-electron chi connectivity index (χ0n) is 4.44. The second kappa shape index (κ2) is 2.70. The standard InChI is InChI=1S/C5H4ClIN2/c6-4-1-3(8)2-5(7)9-4/h1-2H,(H2,8,9). The molecular weight excluding hydrogens is 250 g/mol. The van der Waals surface area contributed by atoms with Gasteiger partial charge in [-0.05, 0) is 34.7 Å². The summed E-state index contributed by atoms with van der Waals surface area (Å²) in [6.07, 6.45) is 0. The maximum absolute atomic E-state index is 5.55. The van der Waals surface area contributed by atoms with Gasteiger partial charge in [0.05, 0.1) is 0 Å². The smallest absolute Gasteiger partial charge is 0.132 e. The highest BCUT2D eigenvalue weighted by atomic mass is 127. The van der Waals surface area contributed by atoms with E-state index in [9.17, 15) is 0 Å². The van der Waals surface area contributed by atoms with E-state index in [4.69, 9.17) is 17.3 Å². The molecular formula is C5H4ClIN2. The van der Waals surface area contributed by atoms with Gasteiger partial charge >= 0.3 is 0 Å². The predicted molar refractivity (Wildman–Crippen MR) is 46.4 cm³/mol. The summed E-state index contributed by atoms with van der Waals surface area (Å²) in [5, 5.41) is 0.444. The molecule has 0 aliphatic rings.